The molecule has 168 valence electrons. The highest BCUT2D eigenvalue weighted by molar-refractivity contribution is 5.88. The second-order valence-corrected chi connectivity index (χ2v) is 11.6. The number of fused-ring (bicyclic) bond motifs is 5. The van der Waals surface area contributed by atoms with Gasteiger partial charge in [-0.2, -0.15) is 0 Å². The van der Waals surface area contributed by atoms with Crippen molar-refractivity contribution in [2.45, 2.75) is 91.9 Å². The van der Waals surface area contributed by atoms with E-state index < -0.39 is 5.97 Å². The number of carbonyl (C=O) groups is 3. The van der Waals surface area contributed by atoms with Crippen LogP contribution in [-0.2, 0) is 14.4 Å². The van der Waals surface area contributed by atoms with Crippen molar-refractivity contribution < 1.29 is 19.5 Å². The van der Waals surface area contributed by atoms with E-state index in [1.54, 1.807) is 0 Å². The standard InChI is InChI=1S/C26H40O4/c1-5-17-21-14-16(27)10-12-26(21,4)20-11-13-25(3)18(15(2)6-9-22(28)29)7-8-19(25)23(20)24(17)30/h15,17-21,23H,5-14H2,1-4H3,(H,28,29)/t15-,17-,18-,19?,20?,21?,23?,25-,26-/m1/s1. The number of carbonyl (C=O) groups excluding carboxylic acids is 2. The first-order chi connectivity index (χ1) is 14.1. The molecule has 30 heavy (non-hydrogen) atoms. The Morgan fingerprint density at radius 3 is 2.43 bits per heavy atom. The zero-order valence-electron chi connectivity index (χ0n) is 19.3. The Balaban J connectivity index is 1.63. The summed E-state index contributed by atoms with van der Waals surface area (Å²) < 4.78 is 0. The summed E-state index contributed by atoms with van der Waals surface area (Å²) in [6, 6.07) is 0. The van der Waals surface area contributed by atoms with Gasteiger partial charge in [-0.05, 0) is 85.4 Å². The second-order valence-electron chi connectivity index (χ2n) is 11.6. The summed E-state index contributed by atoms with van der Waals surface area (Å²) >= 11 is 0. The van der Waals surface area contributed by atoms with Crippen LogP contribution in [0.1, 0.15) is 91.9 Å². The van der Waals surface area contributed by atoms with Crippen molar-refractivity contribution in [3.05, 3.63) is 0 Å². The van der Waals surface area contributed by atoms with Crippen molar-refractivity contribution in [1.82, 2.24) is 0 Å². The Morgan fingerprint density at radius 1 is 1.07 bits per heavy atom. The molecule has 0 spiro atoms. The SMILES string of the molecule is CC[C@H]1C(=O)C2C(CC[C@@]3(C)C2CC[C@@H]3[C@H](C)CCC(=O)O)[C@@]2(C)CCC(=O)CC12. The van der Waals surface area contributed by atoms with Crippen molar-refractivity contribution in [1.29, 1.82) is 0 Å². The summed E-state index contributed by atoms with van der Waals surface area (Å²) in [6.07, 6.45) is 8.61. The van der Waals surface area contributed by atoms with E-state index in [2.05, 4.69) is 27.7 Å². The number of ketones is 2. The highest BCUT2D eigenvalue weighted by Crippen LogP contribution is 2.68. The summed E-state index contributed by atoms with van der Waals surface area (Å²) in [5, 5.41) is 9.14. The first-order valence-corrected chi connectivity index (χ1v) is 12.4. The lowest BCUT2D eigenvalue weighted by Crippen LogP contribution is -2.60. The van der Waals surface area contributed by atoms with Gasteiger partial charge in [0.15, 0.2) is 0 Å². The van der Waals surface area contributed by atoms with E-state index in [-0.39, 0.29) is 35.0 Å². The predicted molar refractivity (Wildman–Crippen MR) is 116 cm³/mol. The minimum Gasteiger partial charge on any atom is -0.481 e. The number of Topliss-reactive ketones (excluding diaryl/α,β-unsaturated/α-hetero) is 2. The monoisotopic (exact) mass is 416 g/mol. The van der Waals surface area contributed by atoms with Gasteiger partial charge in [0, 0.05) is 31.1 Å². The van der Waals surface area contributed by atoms with Crippen LogP contribution in [0.4, 0.5) is 0 Å². The molecule has 0 saturated heterocycles. The summed E-state index contributed by atoms with van der Waals surface area (Å²) in [6.45, 7) is 9.18. The molecule has 0 amide bonds. The Bertz CT molecular complexity index is 729. The predicted octanol–water partition coefficient (Wildman–Crippen LogP) is 5.53. The normalized spacial score (nSPS) is 46.7. The first-order valence-electron chi connectivity index (χ1n) is 12.4. The van der Waals surface area contributed by atoms with Crippen molar-refractivity contribution in [3.63, 3.8) is 0 Å². The van der Waals surface area contributed by atoms with Gasteiger partial charge in [-0.3, -0.25) is 14.4 Å². The molecule has 4 nitrogen and oxygen atoms in total. The molecule has 1 N–H and O–H groups in total. The van der Waals surface area contributed by atoms with Crippen molar-refractivity contribution >= 4 is 17.5 Å². The van der Waals surface area contributed by atoms with E-state index in [0.29, 0.717) is 48.1 Å². The van der Waals surface area contributed by atoms with Gasteiger partial charge in [-0.15, -0.1) is 0 Å². The maximum Gasteiger partial charge on any atom is 0.303 e. The molecule has 0 radical (unpaired) electrons. The van der Waals surface area contributed by atoms with E-state index >= 15 is 0 Å². The Morgan fingerprint density at radius 2 is 1.77 bits per heavy atom. The van der Waals surface area contributed by atoms with Gasteiger partial charge in [-0.25, -0.2) is 0 Å². The molecule has 4 heteroatoms. The molecule has 0 aromatic carbocycles. The fourth-order valence-electron chi connectivity index (χ4n) is 8.97. The van der Waals surface area contributed by atoms with Crippen LogP contribution in [0.5, 0.6) is 0 Å². The van der Waals surface area contributed by atoms with E-state index in [9.17, 15) is 14.4 Å². The van der Waals surface area contributed by atoms with E-state index in [1.807, 2.05) is 0 Å². The van der Waals surface area contributed by atoms with Crippen molar-refractivity contribution in [2.75, 3.05) is 0 Å². The third-order valence-corrected chi connectivity index (χ3v) is 10.5. The Hall–Kier alpha value is -1.19. The van der Waals surface area contributed by atoms with E-state index in [4.69, 9.17) is 5.11 Å². The third kappa shape index (κ3) is 3.19. The molecule has 4 fully saturated rings. The minimum atomic E-state index is -0.704. The van der Waals surface area contributed by atoms with Crippen LogP contribution in [0.2, 0.25) is 0 Å². The molecule has 0 bridgehead atoms. The maximum absolute atomic E-state index is 13.9. The van der Waals surface area contributed by atoms with Gasteiger partial charge in [0.2, 0.25) is 0 Å². The number of hydrogen-bond acceptors (Lipinski definition) is 3. The first kappa shape index (κ1) is 22.0. The molecule has 4 saturated carbocycles. The third-order valence-electron chi connectivity index (χ3n) is 10.5. The van der Waals surface area contributed by atoms with Gasteiger partial charge in [-0.1, -0.05) is 27.7 Å². The number of carboxylic acids is 1. The molecular weight excluding hydrogens is 376 g/mol. The summed E-state index contributed by atoms with van der Waals surface area (Å²) in [5.41, 5.74) is 0.280. The van der Waals surface area contributed by atoms with Crippen LogP contribution in [-0.4, -0.2) is 22.6 Å². The van der Waals surface area contributed by atoms with Crippen LogP contribution in [0.15, 0.2) is 0 Å². The molecule has 0 aliphatic heterocycles. The number of hydrogen-bond donors (Lipinski definition) is 1. The van der Waals surface area contributed by atoms with E-state index in [0.717, 1.165) is 44.9 Å². The molecular formula is C26H40O4. The van der Waals surface area contributed by atoms with Crippen LogP contribution in [0, 0.1) is 52.3 Å². The quantitative estimate of drug-likeness (QED) is 0.639. The molecule has 9 atom stereocenters. The fraction of sp³-hybridized carbons (Fsp3) is 0.885. The molecule has 0 aromatic rings. The number of carboxylic acid groups (broad SMARTS) is 1. The van der Waals surface area contributed by atoms with Gasteiger partial charge >= 0.3 is 5.97 Å². The molecule has 4 aliphatic rings. The van der Waals surface area contributed by atoms with Crippen LogP contribution >= 0.6 is 0 Å². The Kier molecular flexibility index (Phi) is 5.68. The highest BCUT2D eigenvalue weighted by atomic mass is 16.4. The minimum absolute atomic E-state index is 0.0475. The topological polar surface area (TPSA) is 71.4 Å². The number of aliphatic carboxylic acids is 1. The van der Waals surface area contributed by atoms with Gasteiger partial charge < -0.3 is 5.11 Å². The molecule has 0 heterocycles. The smallest absolute Gasteiger partial charge is 0.303 e. The van der Waals surface area contributed by atoms with Gasteiger partial charge in [0.25, 0.3) is 0 Å². The lowest BCUT2D eigenvalue weighted by molar-refractivity contribution is -0.169. The highest BCUT2D eigenvalue weighted by Gasteiger charge is 2.65. The molecule has 0 aromatic heterocycles. The second kappa shape index (κ2) is 7.74. The maximum atomic E-state index is 13.9. The summed E-state index contributed by atoms with van der Waals surface area (Å²) in [7, 11) is 0. The Labute approximate surface area is 181 Å². The average molecular weight is 417 g/mol. The lowest BCUT2D eigenvalue weighted by atomic mass is 9.42. The van der Waals surface area contributed by atoms with Crippen LogP contribution < -0.4 is 0 Å². The molecule has 4 aliphatic carbocycles. The van der Waals surface area contributed by atoms with Crippen LogP contribution in [0.25, 0.3) is 0 Å². The molecule has 4 unspecified atom stereocenters. The van der Waals surface area contributed by atoms with Gasteiger partial charge in [0.05, 0.1) is 0 Å². The summed E-state index contributed by atoms with van der Waals surface area (Å²) in [4.78, 5) is 37.3. The lowest BCUT2D eigenvalue weighted by Gasteiger charge is -2.61. The fourth-order valence-corrected chi connectivity index (χ4v) is 8.97. The zero-order valence-corrected chi connectivity index (χ0v) is 19.3. The average Bonchev–Trinajstić information content (AvgIpc) is 3.05. The van der Waals surface area contributed by atoms with Crippen molar-refractivity contribution in [3.8, 4) is 0 Å². The van der Waals surface area contributed by atoms with Crippen molar-refractivity contribution in [2.24, 2.45) is 52.3 Å². The largest absolute Gasteiger partial charge is 0.481 e. The number of rotatable bonds is 5. The zero-order chi connectivity index (χ0) is 21.8. The van der Waals surface area contributed by atoms with Crippen LogP contribution in [0.3, 0.4) is 0 Å². The van der Waals surface area contributed by atoms with Gasteiger partial charge in [0.1, 0.15) is 11.6 Å². The molecule has 4 rings (SSSR count). The summed E-state index contributed by atoms with van der Waals surface area (Å²) in [5.74, 6) is 2.34. The van der Waals surface area contributed by atoms with E-state index in [1.165, 1.54) is 0 Å².